The van der Waals surface area contributed by atoms with Crippen molar-refractivity contribution in [1.29, 1.82) is 0 Å². The summed E-state index contributed by atoms with van der Waals surface area (Å²) in [7, 11) is 0. The summed E-state index contributed by atoms with van der Waals surface area (Å²) in [4.78, 5) is 0. The van der Waals surface area contributed by atoms with Crippen molar-refractivity contribution in [2.75, 3.05) is 13.2 Å². The fourth-order valence-corrected chi connectivity index (χ4v) is 8.09. The van der Waals surface area contributed by atoms with E-state index in [0.717, 1.165) is 22.6 Å². The molecule has 0 amide bonds. The number of hydrogen-bond acceptors (Lipinski definition) is 2. The SMILES string of the molecule is C.C1=Cc2c(ccc3cc(C4(c5ccc6c7c(ccc6c5)OCC=C7)c5ccccc5-c5cc6ccccc6cc54)ccc23)OC1. The van der Waals surface area contributed by atoms with Gasteiger partial charge in [0.25, 0.3) is 0 Å². The maximum Gasteiger partial charge on any atom is 0.127 e. The maximum atomic E-state index is 5.96. The van der Waals surface area contributed by atoms with Gasteiger partial charge in [0, 0.05) is 11.1 Å². The number of benzene rings is 7. The van der Waals surface area contributed by atoms with Crippen molar-refractivity contribution in [3.05, 3.63) is 167 Å². The van der Waals surface area contributed by atoms with Crippen molar-refractivity contribution in [2.24, 2.45) is 0 Å². The summed E-state index contributed by atoms with van der Waals surface area (Å²) >= 11 is 0. The summed E-state index contributed by atoms with van der Waals surface area (Å²) in [6.07, 6.45) is 8.59. The highest BCUT2D eigenvalue weighted by Gasteiger charge is 2.46. The molecular formula is C44H32O2. The highest BCUT2D eigenvalue weighted by Crippen LogP contribution is 2.57. The van der Waals surface area contributed by atoms with E-state index in [2.05, 4.69) is 146 Å². The maximum absolute atomic E-state index is 5.96. The quantitative estimate of drug-likeness (QED) is 0.199. The van der Waals surface area contributed by atoms with Crippen LogP contribution in [-0.2, 0) is 5.41 Å². The third-order valence-electron chi connectivity index (χ3n) is 10.1. The van der Waals surface area contributed by atoms with E-state index in [0.29, 0.717) is 13.2 Å². The van der Waals surface area contributed by atoms with E-state index in [1.807, 2.05) is 0 Å². The molecule has 3 aliphatic rings. The van der Waals surface area contributed by atoms with Crippen LogP contribution in [0.5, 0.6) is 11.5 Å². The van der Waals surface area contributed by atoms with Crippen LogP contribution in [0.3, 0.4) is 0 Å². The lowest BCUT2D eigenvalue weighted by atomic mass is 9.67. The van der Waals surface area contributed by atoms with E-state index >= 15 is 0 Å². The first-order valence-corrected chi connectivity index (χ1v) is 15.7. The van der Waals surface area contributed by atoms with Crippen LogP contribution in [0.1, 0.15) is 40.8 Å². The second kappa shape index (κ2) is 9.95. The summed E-state index contributed by atoms with van der Waals surface area (Å²) < 4.78 is 11.9. The standard InChI is InChI=1S/C43H28O2.CH4/c1-2-8-28-26-40-38(25-27(28)7-1)35-9-3-4-12-39(35)43(40,31-15-17-33-29(23-31)13-19-41-36(33)10-5-21-44-41)32-16-18-34-30(24-32)14-20-42-37(34)11-6-22-45-42;/h1-20,23-26H,21-22H2;1H4. The average molecular weight is 593 g/mol. The van der Waals surface area contributed by atoms with Gasteiger partial charge in [-0.25, -0.2) is 0 Å². The first-order chi connectivity index (χ1) is 22.3. The van der Waals surface area contributed by atoms with Gasteiger partial charge in [0.15, 0.2) is 0 Å². The molecule has 0 N–H and O–H groups in total. The molecule has 0 aromatic heterocycles. The molecule has 0 atom stereocenters. The van der Waals surface area contributed by atoms with Crippen LogP contribution < -0.4 is 9.47 Å². The molecule has 2 nitrogen and oxygen atoms in total. The van der Waals surface area contributed by atoms with E-state index in [9.17, 15) is 0 Å². The number of hydrogen-bond donors (Lipinski definition) is 0. The lowest BCUT2D eigenvalue weighted by molar-refractivity contribution is 0.359. The Balaban J connectivity index is 0.00000292. The van der Waals surface area contributed by atoms with Gasteiger partial charge in [0.2, 0.25) is 0 Å². The summed E-state index contributed by atoms with van der Waals surface area (Å²) in [5, 5.41) is 7.36. The minimum atomic E-state index is -0.511. The average Bonchev–Trinajstić information content (AvgIpc) is 3.40. The zero-order valence-corrected chi connectivity index (χ0v) is 24.6. The summed E-state index contributed by atoms with van der Waals surface area (Å²) in [5.41, 5.74) is 9.56. The molecule has 0 saturated carbocycles. The number of fused-ring (bicyclic) bond motifs is 10. The van der Waals surface area contributed by atoms with Gasteiger partial charge < -0.3 is 9.47 Å². The summed E-state index contributed by atoms with van der Waals surface area (Å²) in [5.74, 6) is 1.90. The van der Waals surface area contributed by atoms with E-state index in [1.54, 1.807) is 0 Å². The van der Waals surface area contributed by atoms with Crippen molar-refractivity contribution < 1.29 is 9.47 Å². The molecule has 0 spiro atoms. The van der Waals surface area contributed by atoms with Gasteiger partial charge in [-0.15, -0.1) is 0 Å². The fraction of sp³-hybridized carbons (Fsp3) is 0.0909. The molecule has 10 rings (SSSR count). The molecule has 7 aromatic carbocycles. The first kappa shape index (κ1) is 26.8. The van der Waals surface area contributed by atoms with Crippen LogP contribution in [0.2, 0.25) is 0 Å². The molecule has 0 bridgehead atoms. The molecule has 2 heterocycles. The number of rotatable bonds is 2. The molecule has 2 heteroatoms. The Bertz CT molecular complexity index is 2340. The Morgan fingerprint density at radius 1 is 0.457 bits per heavy atom. The molecule has 2 aliphatic heterocycles. The molecule has 0 unspecified atom stereocenters. The Hall–Kier alpha value is -5.60. The largest absolute Gasteiger partial charge is 0.489 e. The van der Waals surface area contributed by atoms with Gasteiger partial charge >= 0.3 is 0 Å². The Morgan fingerprint density at radius 2 is 1.02 bits per heavy atom. The van der Waals surface area contributed by atoms with Crippen molar-refractivity contribution in [1.82, 2.24) is 0 Å². The Labute approximate surface area is 268 Å². The van der Waals surface area contributed by atoms with Gasteiger partial charge in [0.05, 0.1) is 5.41 Å². The molecule has 0 saturated heterocycles. The van der Waals surface area contributed by atoms with Crippen LogP contribution in [0, 0.1) is 0 Å². The fourth-order valence-electron chi connectivity index (χ4n) is 8.09. The van der Waals surface area contributed by atoms with Crippen molar-refractivity contribution in [3.8, 4) is 22.6 Å². The van der Waals surface area contributed by atoms with Crippen LogP contribution in [0.15, 0.2) is 133 Å². The van der Waals surface area contributed by atoms with Crippen LogP contribution in [0.25, 0.3) is 55.6 Å². The predicted octanol–water partition coefficient (Wildman–Crippen LogP) is 11.0. The minimum absolute atomic E-state index is 0. The molecule has 220 valence electrons. The van der Waals surface area contributed by atoms with E-state index in [1.165, 1.54) is 65.7 Å². The predicted molar refractivity (Wildman–Crippen MR) is 192 cm³/mol. The Kier molecular flexibility index (Phi) is 5.79. The lowest BCUT2D eigenvalue weighted by Gasteiger charge is -2.34. The zero-order chi connectivity index (χ0) is 29.5. The van der Waals surface area contributed by atoms with Gasteiger partial charge in [-0.05, 0) is 114 Å². The van der Waals surface area contributed by atoms with Gasteiger partial charge in [-0.3, -0.25) is 0 Å². The van der Waals surface area contributed by atoms with Crippen molar-refractivity contribution in [3.63, 3.8) is 0 Å². The topological polar surface area (TPSA) is 18.5 Å². The highest BCUT2D eigenvalue weighted by molar-refractivity contribution is 6.00. The van der Waals surface area contributed by atoms with Crippen LogP contribution in [0.4, 0.5) is 0 Å². The molecule has 0 radical (unpaired) electrons. The number of ether oxygens (including phenoxy) is 2. The van der Waals surface area contributed by atoms with Crippen molar-refractivity contribution in [2.45, 2.75) is 12.8 Å². The molecule has 7 aromatic rings. The van der Waals surface area contributed by atoms with E-state index < -0.39 is 5.41 Å². The van der Waals surface area contributed by atoms with E-state index in [-0.39, 0.29) is 7.43 Å². The second-order valence-corrected chi connectivity index (χ2v) is 12.3. The Morgan fingerprint density at radius 3 is 1.65 bits per heavy atom. The molecule has 0 fully saturated rings. The molecule has 46 heavy (non-hydrogen) atoms. The first-order valence-electron chi connectivity index (χ1n) is 15.7. The summed E-state index contributed by atoms with van der Waals surface area (Å²) in [6.45, 7) is 1.24. The minimum Gasteiger partial charge on any atom is -0.489 e. The van der Waals surface area contributed by atoms with Gasteiger partial charge in [0.1, 0.15) is 24.7 Å². The summed E-state index contributed by atoms with van der Waals surface area (Å²) in [6, 6.07) is 45.3. The highest BCUT2D eigenvalue weighted by atomic mass is 16.5. The van der Waals surface area contributed by atoms with Crippen molar-refractivity contribution >= 4 is 44.5 Å². The molecular weight excluding hydrogens is 560 g/mol. The second-order valence-electron chi connectivity index (χ2n) is 12.3. The third kappa shape index (κ3) is 3.59. The van der Waals surface area contributed by atoms with Gasteiger partial charge in [-0.1, -0.05) is 105 Å². The van der Waals surface area contributed by atoms with Crippen LogP contribution in [-0.4, -0.2) is 13.2 Å². The zero-order valence-electron chi connectivity index (χ0n) is 24.6. The normalized spacial score (nSPS) is 15.0. The molecule has 1 aliphatic carbocycles. The van der Waals surface area contributed by atoms with Crippen LogP contribution >= 0.6 is 0 Å². The van der Waals surface area contributed by atoms with Gasteiger partial charge in [-0.2, -0.15) is 0 Å². The van der Waals surface area contributed by atoms with E-state index in [4.69, 9.17) is 9.47 Å². The smallest absolute Gasteiger partial charge is 0.127 e. The third-order valence-corrected chi connectivity index (χ3v) is 10.1. The monoisotopic (exact) mass is 592 g/mol. The lowest BCUT2D eigenvalue weighted by Crippen LogP contribution is -2.28.